The number of fused-ring (bicyclic) bond motifs is 3. The molecule has 118 valence electrons. The molecule has 0 unspecified atom stereocenters. The number of H-pyrrole nitrogens is 1. The van der Waals surface area contributed by atoms with Crippen molar-refractivity contribution >= 4 is 44.5 Å². The Morgan fingerprint density at radius 3 is 1.96 bits per heavy atom. The average Bonchev–Trinajstić information content (AvgIpc) is 3.26. The molecule has 0 spiro atoms. The van der Waals surface area contributed by atoms with Crippen molar-refractivity contribution in [2.24, 2.45) is 4.99 Å². The largest absolute Gasteiger partial charge is 0.355 e. The van der Waals surface area contributed by atoms with Crippen LogP contribution in [0.4, 0.5) is 5.69 Å². The third-order valence-electron chi connectivity index (χ3n) is 4.67. The second kappa shape index (κ2) is 5.60. The van der Waals surface area contributed by atoms with Gasteiger partial charge in [0.2, 0.25) is 0 Å². The van der Waals surface area contributed by atoms with E-state index in [1.165, 1.54) is 38.1 Å². The number of hydrogen-bond donors (Lipinski definition) is 1. The van der Waals surface area contributed by atoms with E-state index in [2.05, 4.69) is 88.8 Å². The van der Waals surface area contributed by atoms with Crippen molar-refractivity contribution in [2.45, 2.75) is 0 Å². The summed E-state index contributed by atoms with van der Waals surface area (Å²) < 4.78 is 0. The Bertz CT molecular complexity index is 1150. The summed E-state index contributed by atoms with van der Waals surface area (Å²) in [6.07, 6.45) is 1.93. The van der Waals surface area contributed by atoms with Gasteiger partial charge in [-0.05, 0) is 23.6 Å². The molecule has 0 bridgehead atoms. The van der Waals surface area contributed by atoms with Gasteiger partial charge in [0.1, 0.15) is 0 Å². The molecule has 4 aromatic carbocycles. The summed E-state index contributed by atoms with van der Waals surface area (Å²) in [6, 6.07) is 29.3. The predicted octanol–water partition coefficient (Wildman–Crippen LogP) is 6.22. The van der Waals surface area contributed by atoms with Gasteiger partial charge < -0.3 is 4.98 Å². The van der Waals surface area contributed by atoms with Gasteiger partial charge in [0.25, 0.3) is 0 Å². The van der Waals surface area contributed by atoms with Gasteiger partial charge in [0, 0.05) is 39.0 Å². The molecule has 0 aliphatic carbocycles. The molecule has 1 N–H and O–H groups in total. The number of aromatic amines is 1. The van der Waals surface area contributed by atoms with Crippen LogP contribution in [-0.2, 0) is 0 Å². The zero-order chi connectivity index (χ0) is 16.6. The molecule has 0 atom stereocenters. The highest BCUT2D eigenvalue weighted by atomic mass is 14.7. The normalized spacial score (nSPS) is 11.8. The number of nitrogens with one attached hydrogen (secondary N) is 1. The van der Waals surface area contributed by atoms with Crippen LogP contribution in [0.3, 0.4) is 0 Å². The molecule has 25 heavy (non-hydrogen) atoms. The van der Waals surface area contributed by atoms with Crippen LogP contribution in [0.15, 0.2) is 89.9 Å². The fourth-order valence-corrected chi connectivity index (χ4v) is 3.50. The predicted molar refractivity (Wildman–Crippen MR) is 107 cm³/mol. The van der Waals surface area contributed by atoms with Crippen molar-refractivity contribution in [3.63, 3.8) is 0 Å². The zero-order valence-corrected chi connectivity index (χ0v) is 13.6. The summed E-state index contributed by atoms with van der Waals surface area (Å²) in [5.41, 5.74) is 4.76. The minimum atomic E-state index is 1.10. The Kier molecular flexibility index (Phi) is 3.14. The lowest BCUT2D eigenvalue weighted by molar-refractivity contribution is 1.55. The molecule has 0 fully saturated rings. The van der Waals surface area contributed by atoms with Gasteiger partial charge in [-0.1, -0.05) is 66.7 Å². The van der Waals surface area contributed by atoms with Crippen LogP contribution >= 0.6 is 0 Å². The van der Waals surface area contributed by atoms with E-state index >= 15 is 0 Å². The molecule has 2 heteroatoms. The van der Waals surface area contributed by atoms with Crippen molar-refractivity contribution in [2.75, 3.05) is 0 Å². The van der Waals surface area contributed by atoms with Crippen molar-refractivity contribution in [1.82, 2.24) is 4.98 Å². The summed E-state index contributed by atoms with van der Waals surface area (Å²) in [6.45, 7) is 0. The van der Waals surface area contributed by atoms with Crippen molar-refractivity contribution < 1.29 is 0 Å². The zero-order valence-electron chi connectivity index (χ0n) is 13.6. The molecule has 1 aliphatic rings. The molecule has 0 radical (unpaired) electrons. The molecule has 2 heterocycles. The average molecular weight is 320 g/mol. The van der Waals surface area contributed by atoms with Gasteiger partial charge in [-0.3, -0.25) is 4.99 Å². The van der Waals surface area contributed by atoms with Crippen LogP contribution in [0, 0.1) is 0 Å². The fourth-order valence-electron chi connectivity index (χ4n) is 3.50. The Morgan fingerprint density at radius 1 is 0.600 bits per heavy atom. The van der Waals surface area contributed by atoms with Gasteiger partial charge in [-0.2, -0.15) is 0 Å². The molecule has 1 aliphatic heterocycles. The standard InChI is InChI=1S/C12H9N.C11H7N/c1-3-7-11-9(5-1)10-6-2-4-8-12(10)13-11;1-3-8-4-2-6-10-11(8)9(5-1)7-12-10/h1-8,13H;1-7H. The smallest absolute Gasteiger partial charge is 0.0714 e. The highest BCUT2D eigenvalue weighted by Gasteiger charge is 2.07. The lowest BCUT2D eigenvalue weighted by Gasteiger charge is -1.97. The molecule has 6 rings (SSSR count). The lowest BCUT2D eigenvalue weighted by Crippen LogP contribution is -1.76. The molecular weight excluding hydrogens is 304 g/mol. The summed E-state index contributed by atoms with van der Waals surface area (Å²) in [7, 11) is 0. The molecule has 0 amide bonds. The first-order valence-electron chi connectivity index (χ1n) is 8.41. The maximum atomic E-state index is 4.32. The summed E-state index contributed by atoms with van der Waals surface area (Å²) in [4.78, 5) is 7.70. The van der Waals surface area contributed by atoms with Crippen LogP contribution in [0.2, 0.25) is 0 Å². The number of nitrogens with zero attached hydrogens (tertiary/aromatic N) is 1. The van der Waals surface area contributed by atoms with Gasteiger partial charge in [-0.15, -0.1) is 0 Å². The second-order valence-corrected chi connectivity index (χ2v) is 6.20. The van der Waals surface area contributed by atoms with E-state index in [1.54, 1.807) is 0 Å². The number of aromatic nitrogens is 1. The minimum Gasteiger partial charge on any atom is -0.355 e. The minimum absolute atomic E-state index is 1.10. The maximum absolute atomic E-state index is 4.32. The first kappa shape index (κ1) is 14.0. The number of aliphatic imine (C=N–C) groups is 1. The highest BCUT2D eigenvalue weighted by molar-refractivity contribution is 6.11. The Balaban J connectivity index is 0.000000112. The van der Waals surface area contributed by atoms with E-state index in [-0.39, 0.29) is 0 Å². The van der Waals surface area contributed by atoms with Gasteiger partial charge >= 0.3 is 0 Å². The van der Waals surface area contributed by atoms with Gasteiger partial charge in [0.05, 0.1) is 5.69 Å². The molecule has 1 aromatic heterocycles. The number of benzene rings is 4. The number of para-hydroxylation sites is 2. The quantitative estimate of drug-likeness (QED) is 0.344. The van der Waals surface area contributed by atoms with Crippen LogP contribution < -0.4 is 0 Å². The summed E-state index contributed by atoms with van der Waals surface area (Å²) in [5.74, 6) is 0. The van der Waals surface area contributed by atoms with Gasteiger partial charge in [-0.25, -0.2) is 0 Å². The first-order valence-corrected chi connectivity index (χ1v) is 8.41. The van der Waals surface area contributed by atoms with Crippen molar-refractivity contribution in [1.29, 1.82) is 0 Å². The second-order valence-electron chi connectivity index (χ2n) is 6.20. The monoisotopic (exact) mass is 320 g/mol. The van der Waals surface area contributed by atoms with Crippen LogP contribution in [0.1, 0.15) is 5.56 Å². The van der Waals surface area contributed by atoms with E-state index < -0.39 is 0 Å². The first-order chi connectivity index (χ1) is 12.4. The molecular formula is C23H16N2. The molecule has 5 aromatic rings. The topological polar surface area (TPSA) is 28.1 Å². The van der Waals surface area contributed by atoms with E-state index in [9.17, 15) is 0 Å². The Labute approximate surface area is 145 Å². The summed E-state index contributed by atoms with van der Waals surface area (Å²) >= 11 is 0. The third-order valence-corrected chi connectivity index (χ3v) is 4.67. The highest BCUT2D eigenvalue weighted by Crippen LogP contribution is 2.32. The van der Waals surface area contributed by atoms with Crippen molar-refractivity contribution in [3.8, 4) is 0 Å². The van der Waals surface area contributed by atoms with E-state index in [1.807, 2.05) is 12.3 Å². The molecule has 0 saturated carbocycles. The SMILES string of the molecule is C1=Nc2cccc3cccc1c23.c1ccc2c(c1)[nH]c1ccccc12. The van der Waals surface area contributed by atoms with E-state index in [0.29, 0.717) is 0 Å². The Morgan fingerprint density at radius 2 is 1.24 bits per heavy atom. The number of hydrogen-bond acceptors (Lipinski definition) is 1. The third kappa shape index (κ3) is 2.31. The maximum Gasteiger partial charge on any atom is 0.0714 e. The molecule has 2 nitrogen and oxygen atoms in total. The van der Waals surface area contributed by atoms with Crippen LogP contribution in [0.25, 0.3) is 32.6 Å². The van der Waals surface area contributed by atoms with Gasteiger partial charge in [0.15, 0.2) is 0 Å². The lowest BCUT2D eigenvalue weighted by atomic mass is 10.1. The van der Waals surface area contributed by atoms with Crippen molar-refractivity contribution in [3.05, 3.63) is 90.5 Å². The summed E-state index contributed by atoms with van der Waals surface area (Å²) in [5, 5.41) is 5.18. The number of rotatable bonds is 0. The van der Waals surface area contributed by atoms with E-state index in [0.717, 1.165) is 5.69 Å². The van der Waals surface area contributed by atoms with E-state index in [4.69, 9.17) is 0 Å². The Hall–Kier alpha value is -3.39. The van der Waals surface area contributed by atoms with Crippen LogP contribution in [0.5, 0.6) is 0 Å². The fraction of sp³-hybridized carbons (Fsp3) is 0. The van der Waals surface area contributed by atoms with Crippen LogP contribution in [-0.4, -0.2) is 11.2 Å². The molecule has 0 saturated heterocycles.